The molecule has 0 aliphatic carbocycles. The van der Waals surface area contributed by atoms with E-state index in [-0.39, 0.29) is 16.8 Å². The summed E-state index contributed by atoms with van der Waals surface area (Å²) in [4.78, 5) is 5.71. The summed E-state index contributed by atoms with van der Waals surface area (Å²) in [5, 5.41) is 32.0. The Balaban J connectivity index is 1.53. The lowest BCUT2D eigenvalue weighted by Gasteiger charge is -2.37. The number of hydrogen-bond acceptors (Lipinski definition) is 8. The number of fused-ring (bicyclic) bond motifs is 1. The highest BCUT2D eigenvalue weighted by Crippen LogP contribution is 2.35. The highest BCUT2D eigenvalue weighted by atomic mass is 19.1. The summed E-state index contributed by atoms with van der Waals surface area (Å²) in [6, 6.07) is 4.23. The molecule has 1 saturated heterocycles. The zero-order chi connectivity index (χ0) is 25.4. The molecule has 4 aromatic heterocycles. The molecule has 0 aromatic carbocycles. The van der Waals surface area contributed by atoms with Gasteiger partial charge in [-0.25, -0.2) is 18.0 Å². The second kappa shape index (κ2) is 9.16. The topological polar surface area (TPSA) is 117 Å². The minimum atomic E-state index is -0.958. The predicted octanol–water partition coefficient (Wildman–Crippen LogP) is 2.98. The number of aliphatic hydroxyl groups excluding tert-OH is 1. The van der Waals surface area contributed by atoms with Crippen molar-refractivity contribution in [3.8, 4) is 23.2 Å². The molecule has 10 nitrogen and oxygen atoms in total. The predicted molar refractivity (Wildman–Crippen MR) is 124 cm³/mol. The van der Waals surface area contributed by atoms with Gasteiger partial charge in [0.05, 0.1) is 35.9 Å². The van der Waals surface area contributed by atoms with E-state index in [2.05, 4.69) is 33.5 Å². The Labute approximate surface area is 205 Å². The number of piperidine rings is 1. The van der Waals surface area contributed by atoms with Crippen molar-refractivity contribution in [3.05, 3.63) is 59.8 Å². The van der Waals surface area contributed by atoms with Crippen LogP contribution in [0.4, 0.5) is 8.78 Å². The Morgan fingerprint density at radius 3 is 2.69 bits per heavy atom. The Kier molecular flexibility index (Phi) is 6.01. The van der Waals surface area contributed by atoms with E-state index in [1.54, 1.807) is 17.2 Å². The van der Waals surface area contributed by atoms with E-state index in [9.17, 15) is 19.1 Å². The van der Waals surface area contributed by atoms with Crippen molar-refractivity contribution in [3.63, 3.8) is 0 Å². The van der Waals surface area contributed by atoms with Crippen LogP contribution in [0.15, 0.2) is 36.8 Å². The van der Waals surface area contributed by atoms with Crippen LogP contribution in [0, 0.1) is 30.0 Å². The van der Waals surface area contributed by atoms with Crippen LogP contribution in [0.5, 0.6) is 5.75 Å². The quantitative estimate of drug-likeness (QED) is 0.407. The van der Waals surface area contributed by atoms with Gasteiger partial charge in [-0.1, -0.05) is 5.21 Å². The van der Waals surface area contributed by atoms with E-state index in [0.717, 1.165) is 30.9 Å². The van der Waals surface area contributed by atoms with Gasteiger partial charge in [0.1, 0.15) is 22.8 Å². The monoisotopic (exact) mass is 494 g/mol. The lowest BCUT2D eigenvalue weighted by molar-refractivity contribution is 0.114. The van der Waals surface area contributed by atoms with Gasteiger partial charge in [0.25, 0.3) is 0 Å². The molecule has 5 rings (SSSR count). The normalized spacial score (nSPS) is 16.2. The number of pyridine rings is 2. The van der Waals surface area contributed by atoms with E-state index >= 15 is 0 Å². The fourth-order valence-electron chi connectivity index (χ4n) is 4.60. The summed E-state index contributed by atoms with van der Waals surface area (Å²) in [7, 11) is 0. The number of hydrogen-bond donors (Lipinski definition) is 1. The first-order valence-corrected chi connectivity index (χ1v) is 11.5. The van der Waals surface area contributed by atoms with Crippen LogP contribution in [0.1, 0.15) is 37.3 Å². The summed E-state index contributed by atoms with van der Waals surface area (Å²) < 4.78 is 37.2. The van der Waals surface area contributed by atoms with E-state index in [1.807, 2.05) is 11.6 Å². The summed E-state index contributed by atoms with van der Waals surface area (Å²) in [5.74, 6) is -1.00. The molecule has 4 aromatic rings. The SMILES string of the molecule is Cc1c(-c2cc(OC(CO)c3ccc(F)cn3)c3c(F)cnn3c2)nnn1C1(C)CCN(C#N)CC1. The first-order chi connectivity index (χ1) is 17.3. The van der Waals surface area contributed by atoms with Crippen molar-refractivity contribution in [1.82, 2.24) is 34.5 Å². The molecule has 1 unspecified atom stereocenters. The molecule has 12 heteroatoms. The van der Waals surface area contributed by atoms with Crippen LogP contribution in [0.3, 0.4) is 0 Å². The van der Waals surface area contributed by atoms with Gasteiger partial charge in [0.15, 0.2) is 18.1 Å². The van der Waals surface area contributed by atoms with Crippen LogP contribution in [0.25, 0.3) is 16.8 Å². The fourth-order valence-corrected chi connectivity index (χ4v) is 4.60. The van der Waals surface area contributed by atoms with Crippen molar-refractivity contribution >= 4 is 5.52 Å². The molecule has 0 radical (unpaired) electrons. The van der Waals surface area contributed by atoms with Crippen molar-refractivity contribution in [2.24, 2.45) is 0 Å². The highest BCUT2D eigenvalue weighted by molar-refractivity contribution is 5.70. The van der Waals surface area contributed by atoms with Gasteiger partial charge < -0.3 is 14.7 Å². The first-order valence-electron chi connectivity index (χ1n) is 11.5. The molecular weight excluding hydrogens is 470 g/mol. The molecule has 1 N–H and O–H groups in total. The summed E-state index contributed by atoms with van der Waals surface area (Å²) >= 11 is 0. The summed E-state index contributed by atoms with van der Waals surface area (Å²) in [5.41, 5.74) is 2.04. The average molecular weight is 495 g/mol. The van der Waals surface area contributed by atoms with Crippen LogP contribution in [-0.2, 0) is 5.54 Å². The zero-order valence-electron chi connectivity index (χ0n) is 19.8. The Morgan fingerprint density at radius 1 is 1.25 bits per heavy atom. The second-order valence-electron chi connectivity index (χ2n) is 9.09. The second-order valence-corrected chi connectivity index (χ2v) is 9.09. The number of likely N-dealkylation sites (tertiary alicyclic amines) is 1. The third kappa shape index (κ3) is 4.11. The molecule has 0 spiro atoms. The average Bonchev–Trinajstić information content (AvgIpc) is 3.46. The van der Waals surface area contributed by atoms with Gasteiger partial charge >= 0.3 is 0 Å². The maximum Gasteiger partial charge on any atom is 0.179 e. The van der Waals surface area contributed by atoms with Crippen molar-refractivity contribution in [2.75, 3.05) is 19.7 Å². The van der Waals surface area contributed by atoms with Gasteiger partial charge in [0, 0.05) is 24.8 Å². The Morgan fingerprint density at radius 2 is 2.03 bits per heavy atom. The minimum absolute atomic E-state index is 0.0835. The zero-order valence-corrected chi connectivity index (χ0v) is 19.8. The third-order valence-corrected chi connectivity index (χ3v) is 6.71. The lowest BCUT2D eigenvalue weighted by atomic mass is 9.89. The summed E-state index contributed by atoms with van der Waals surface area (Å²) in [6.45, 7) is 4.81. The Hall–Kier alpha value is -4.11. The minimum Gasteiger partial charge on any atom is -0.479 e. The summed E-state index contributed by atoms with van der Waals surface area (Å²) in [6.07, 6.45) is 6.45. The van der Waals surface area contributed by atoms with Gasteiger partial charge in [-0.2, -0.15) is 10.4 Å². The fraction of sp³-hybridized carbons (Fsp3) is 0.375. The number of aliphatic hydroxyl groups is 1. The third-order valence-electron chi connectivity index (χ3n) is 6.71. The molecule has 36 heavy (non-hydrogen) atoms. The maximum absolute atomic E-state index is 14.6. The van der Waals surface area contributed by atoms with Crippen molar-refractivity contribution < 1.29 is 18.6 Å². The van der Waals surface area contributed by atoms with Gasteiger partial charge in [-0.05, 0) is 44.9 Å². The molecule has 1 fully saturated rings. The van der Waals surface area contributed by atoms with Crippen molar-refractivity contribution in [1.29, 1.82) is 5.26 Å². The number of halogens is 2. The molecule has 186 valence electrons. The lowest BCUT2D eigenvalue weighted by Crippen LogP contribution is -2.43. The number of aromatic nitrogens is 6. The largest absolute Gasteiger partial charge is 0.479 e. The first kappa shape index (κ1) is 23.6. The Bertz CT molecular complexity index is 1440. The molecule has 1 atom stereocenters. The number of nitrogens with zero attached hydrogens (tertiary/aromatic N) is 8. The molecule has 0 amide bonds. The van der Waals surface area contributed by atoms with E-state index in [1.165, 1.54) is 16.6 Å². The van der Waals surface area contributed by atoms with Crippen LogP contribution in [0.2, 0.25) is 0 Å². The van der Waals surface area contributed by atoms with Gasteiger partial charge in [0.2, 0.25) is 0 Å². The van der Waals surface area contributed by atoms with Crippen molar-refractivity contribution in [2.45, 2.75) is 38.3 Å². The molecule has 5 heterocycles. The molecule has 0 saturated carbocycles. The van der Waals surface area contributed by atoms with Gasteiger partial charge in [-0.3, -0.25) is 4.98 Å². The smallest absolute Gasteiger partial charge is 0.179 e. The molecular formula is C24H24F2N8O2. The molecule has 0 bridgehead atoms. The number of nitriles is 1. The van der Waals surface area contributed by atoms with Crippen LogP contribution in [-0.4, -0.2) is 59.3 Å². The van der Waals surface area contributed by atoms with E-state index < -0.39 is 24.3 Å². The van der Waals surface area contributed by atoms with Gasteiger partial charge in [-0.15, -0.1) is 5.10 Å². The van der Waals surface area contributed by atoms with E-state index in [0.29, 0.717) is 30.0 Å². The van der Waals surface area contributed by atoms with Crippen LogP contribution >= 0.6 is 0 Å². The molecule has 1 aliphatic rings. The standard InChI is InChI=1S/C24H24F2N8O2/c1-15-22(30-31-34(15)24(2)5-7-32(14-27)8-6-24)16-9-20(23-18(26)11-29-33(23)12-16)36-21(13-35)19-4-3-17(25)10-28-19/h3-4,9-12,21,35H,5-8,13H2,1-2H3. The maximum atomic E-state index is 14.6. The highest BCUT2D eigenvalue weighted by Gasteiger charge is 2.35. The van der Waals surface area contributed by atoms with Crippen LogP contribution < -0.4 is 4.74 Å². The number of ether oxygens (including phenoxy) is 1. The molecule has 1 aliphatic heterocycles. The number of rotatable bonds is 6. The van der Waals surface area contributed by atoms with E-state index in [4.69, 9.17) is 4.74 Å².